The summed E-state index contributed by atoms with van der Waals surface area (Å²) < 4.78 is 0.999. The number of hydrogen-bond acceptors (Lipinski definition) is 3. The molecule has 1 atom stereocenters. The van der Waals surface area contributed by atoms with Gasteiger partial charge in [-0.05, 0) is 36.6 Å². The lowest BCUT2D eigenvalue weighted by atomic mass is 9.95. The Morgan fingerprint density at radius 1 is 1.07 bits per heavy atom. The van der Waals surface area contributed by atoms with Crippen molar-refractivity contribution in [3.63, 3.8) is 0 Å². The number of para-hydroxylation sites is 1. The molecule has 1 heterocycles. The fraction of sp³-hybridized carbons (Fsp3) is 0.364. The van der Waals surface area contributed by atoms with Gasteiger partial charge >= 0.3 is 6.03 Å². The SMILES string of the molecule is O=C(NC1CCCCC1)N1N=C(c2ccc(Br)cc2)CC1c1ccccc1O. The van der Waals surface area contributed by atoms with Gasteiger partial charge in [0.25, 0.3) is 0 Å². The number of rotatable bonds is 3. The largest absolute Gasteiger partial charge is 0.508 e. The van der Waals surface area contributed by atoms with Gasteiger partial charge in [-0.1, -0.05) is 65.5 Å². The number of carbonyl (C=O) groups is 1. The van der Waals surface area contributed by atoms with Crippen molar-refractivity contribution >= 4 is 27.7 Å². The standard InChI is InChI=1S/C22H24BrN3O2/c23-16-12-10-15(11-13-16)19-14-20(18-8-4-5-9-21(18)27)26(25-19)22(28)24-17-6-2-1-3-7-17/h4-5,8-13,17,20,27H,1-3,6-7,14H2,(H,24,28). The topological polar surface area (TPSA) is 64.9 Å². The average molecular weight is 442 g/mol. The fourth-order valence-corrected chi connectivity index (χ4v) is 4.28. The molecule has 2 aromatic rings. The normalized spacial score (nSPS) is 20.1. The van der Waals surface area contributed by atoms with Crippen LogP contribution in [0.5, 0.6) is 5.75 Å². The molecule has 1 fully saturated rings. The second-order valence-corrected chi connectivity index (χ2v) is 8.38. The molecule has 0 bridgehead atoms. The number of phenols is 1. The van der Waals surface area contributed by atoms with Crippen molar-refractivity contribution < 1.29 is 9.90 Å². The average Bonchev–Trinajstić information content (AvgIpc) is 3.15. The summed E-state index contributed by atoms with van der Waals surface area (Å²) in [6.45, 7) is 0. The van der Waals surface area contributed by atoms with Gasteiger partial charge < -0.3 is 10.4 Å². The molecule has 1 unspecified atom stereocenters. The van der Waals surface area contributed by atoms with E-state index < -0.39 is 0 Å². The van der Waals surface area contributed by atoms with E-state index in [2.05, 4.69) is 26.3 Å². The monoisotopic (exact) mass is 441 g/mol. The predicted octanol–water partition coefficient (Wildman–Crippen LogP) is 5.35. The van der Waals surface area contributed by atoms with Crippen molar-refractivity contribution in [2.24, 2.45) is 5.10 Å². The zero-order valence-corrected chi connectivity index (χ0v) is 17.2. The fourth-order valence-electron chi connectivity index (χ4n) is 4.01. The molecule has 6 heteroatoms. The second kappa shape index (κ2) is 8.35. The first-order chi connectivity index (χ1) is 13.6. The van der Waals surface area contributed by atoms with Crippen molar-refractivity contribution in [2.75, 3.05) is 0 Å². The van der Waals surface area contributed by atoms with E-state index >= 15 is 0 Å². The summed E-state index contributed by atoms with van der Waals surface area (Å²) in [5.41, 5.74) is 2.55. The molecule has 2 aliphatic rings. The van der Waals surface area contributed by atoms with Crippen LogP contribution in [0.1, 0.15) is 55.7 Å². The number of benzene rings is 2. The Balaban J connectivity index is 1.62. The number of carbonyl (C=O) groups excluding carboxylic acids is 1. The van der Waals surface area contributed by atoms with Crippen molar-refractivity contribution in [2.45, 2.75) is 50.6 Å². The molecule has 1 aliphatic carbocycles. The second-order valence-electron chi connectivity index (χ2n) is 7.46. The van der Waals surface area contributed by atoms with Crippen molar-refractivity contribution in [1.82, 2.24) is 10.3 Å². The first-order valence-electron chi connectivity index (χ1n) is 9.83. The Hall–Kier alpha value is -2.34. The van der Waals surface area contributed by atoms with E-state index in [0.29, 0.717) is 6.42 Å². The van der Waals surface area contributed by atoms with Crippen molar-refractivity contribution in [3.8, 4) is 5.75 Å². The van der Waals surface area contributed by atoms with Crippen LogP contribution in [-0.2, 0) is 0 Å². The van der Waals surface area contributed by atoms with Gasteiger partial charge in [0, 0.05) is 22.5 Å². The van der Waals surface area contributed by atoms with Crippen LogP contribution in [-0.4, -0.2) is 27.9 Å². The van der Waals surface area contributed by atoms with Crippen LogP contribution in [0.2, 0.25) is 0 Å². The maximum absolute atomic E-state index is 13.1. The van der Waals surface area contributed by atoms with E-state index in [1.165, 1.54) is 11.4 Å². The Morgan fingerprint density at radius 3 is 2.50 bits per heavy atom. The summed E-state index contributed by atoms with van der Waals surface area (Å²) >= 11 is 3.46. The van der Waals surface area contributed by atoms with Crippen LogP contribution in [0, 0.1) is 0 Å². The minimum absolute atomic E-state index is 0.188. The molecule has 1 aliphatic heterocycles. The third kappa shape index (κ3) is 4.07. The van der Waals surface area contributed by atoms with Gasteiger partial charge in [0.1, 0.15) is 5.75 Å². The lowest BCUT2D eigenvalue weighted by Gasteiger charge is -2.27. The number of hydrogen-bond donors (Lipinski definition) is 2. The summed E-state index contributed by atoms with van der Waals surface area (Å²) in [6.07, 6.45) is 6.15. The molecular weight excluding hydrogens is 418 g/mol. The van der Waals surface area contributed by atoms with Gasteiger partial charge in [-0.15, -0.1) is 0 Å². The third-order valence-electron chi connectivity index (χ3n) is 5.52. The third-order valence-corrected chi connectivity index (χ3v) is 6.05. The first kappa shape index (κ1) is 19.0. The van der Waals surface area contributed by atoms with Gasteiger partial charge in [-0.25, -0.2) is 9.80 Å². The van der Waals surface area contributed by atoms with Crippen LogP contribution >= 0.6 is 15.9 Å². The zero-order chi connectivity index (χ0) is 19.5. The van der Waals surface area contributed by atoms with E-state index in [1.807, 2.05) is 36.4 Å². The summed E-state index contributed by atoms with van der Waals surface area (Å²) in [5.74, 6) is 0.190. The molecule has 2 aromatic carbocycles. The minimum atomic E-state index is -0.316. The maximum Gasteiger partial charge on any atom is 0.338 e. The lowest BCUT2D eigenvalue weighted by Crippen LogP contribution is -2.43. The molecule has 2 amide bonds. The zero-order valence-electron chi connectivity index (χ0n) is 15.6. The van der Waals surface area contributed by atoms with E-state index in [1.54, 1.807) is 12.1 Å². The number of aromatic hydroxyl groups is 1. The van der Waals surface area contributed by atoms with Crippen molar-refractivity contribution in [3.05, 3.63) is 64.1 Å². The Kier molecular flexibility index (Phi) is 5.67. The molecule has 5 nitrogen and oxygen atoms in total. The van der Waals surface area contributed by atoms with Gasteiger partial charge in [0.2, 0.25) is 0 Å². The summed E-state index contributed by atoms with van der Waals surface area (Å²) in [7, 11) is 0. The Bertz CT molecular complexity index is 876. The van der Waals surface area contributed by atoms with E-state index in [9.17, 15) is 9.90 Å². The number of halogens is 1. The first-order valence-corrected chi connectivity index (χ1v) is 10.6. The lowest BCUT2D eigenvalue weighted by molar-refractivity contribution is 0.178. The molecule has 2 N–H and O–H groups in total. The maximum atomic E-state index is 13.1. The van der Waals surface area contributed by atoms with E-state index in [4.69, 9.17) is 0 Å². The highest BCUT2D eigenvalue weighted by Crippen LogP contribution is 2.37. The molecule has 1 saturated carbocycles. The van der Waals surface area contributed by atoms with Gasteiger partial charge in [-0.2, -0.15) is 5.10 Å². The number of hydrazone groups is 1. The molecular formula is C22H24BrN3O2. The van der Waals surface area contributed by atoms with Crippen molar-refractivity contribution in [1.29, 1.82) is 0 Å². The molecule has 0 aromatic heterocycles. The highest BCUT2D eigenvalue weighted by Gasteiger charge is 2.35. The number of nitrogens with one attached hydrogen (secondary N) is 1. The molecule has 0 spiro atoms. The molecule has 28 heavy (non-hydrogen) atoms. The van der Waals surface area contributed by atoms with Crippen LogP contribution in [0.4, 0.5) is 4.79 Å². The molecule has 0 radical (unpaired) electrons. The number of urea groups is 1. The quantitative estimate of drug-likeness (QED) is 0.673. The smallest absolute Gasteiger partial charge is 0.338 e. The summed E-state index contributed by atoms with van der Waals surface area (Å²) in [5, 5.41) is 19.7. The Labute approximate surface area is 173 Å². The summed E-state index contributed by atoms with van der Waals surface area (Å²) in [6, 6.07) is 14.8. The number of amides is 2. The molecule has 146 valence electrons. The van der Waals surface area contributed by atoms with Gasteiger partial charge in [0.15, 0.2) is 0 Å². The Morgan fingerprint density at radius 2 is 1.79 bits per heavy atom. The summed E-state index contributed by atoms with van der Waals surface area (Å²) in [4.78, 5) is 13.1. The number of phenolic OH excluding ortho intramolecular Hbond substituents is 1. The van der Waals surface area contributed by atoms with Crippen LogP contribution in [0.3, 0.4) is 0 Å². The van der Waals surface area contributed by atoms with E-state index in [0.717, 1.165) is 47.0 Å². The molecule has 4 rings (SSSR count). The van der Waals surface area contributed by atoms with Gasteiger partial charge in [-0.3, -0.25) is 0 Å². The molecule has 0 saturated heterocycles. The predicted molar refractivity (Wildman–Crippen MR) is 113 cm³/mol. The van der Waals surface area contributed by atoms with Crippen LogP contribution in [0.15, 0.2) is 58.1 Å². The van der Waals surface area contributed by atoms with Crippen LogP contribution < -0.4 is 5.32 Å². The van der Waals surface area contributed by atoms with Gasteiger partial charge in [0.05, 0.1) is 11.8 Å². The minimum Gasteiger partial charge on any atom is -0.508 e. The highest BCUT2D eigenvalue weighted by molar-refractivity contribution is 9.10. The van der Waals surface area contributed by atoms with Crippen LogP contribution in [0.25, 0.3) is 0 Å². The number of nitrogens with zero attached hydrogens (tertiary/aromatic N) is 2. The van der Waals surface area contributed by atoms with E-state index in [-0.39, 0.29) is 23.9 Å². The highest BCUT2D eigenvalue weighted by atomic mass is 79.9.